The van der Waals surface area contributed by atoms with E-state index >= 15 is 0 Å². The maximum atomic E-state index is 12.1. The van der Waals surface area contributed by atoms with E-state index in [1.165, 1.54) is 5.56 Å². The van der Waals surface area contributed by atoms with Gasteiger partial charge in [-0.3, -0.25) is 15.2 Å². The summed E-state index contributed by atoms with van der Waals surface area (Å²) in [7, 11) is 0. The van der Waals surface area contributed by atoms with Crippen molar-refractivity contribution < 1.29 is 4.79 Å². The molecule has 1 N–H and O–H groups in total. The first kappa shape index (κ1) is 12.7. The molecule has 20 heavy (non-hydrogen) atoms. The number of nitrogens with zero attached hydrogens (tertiary/aromatic N) is 1. The average molecular weight is 266 g/mol. The van der Waals surface area contributed by atoms with Crippen molar-refractivity contribution in [3.8, 4) is 0 Å². The quantitative estimate of drug-likeness (QED) is 0.905. The molecule has 0 radical (unpaired) electrons. The van der Waals surface area contributed by atoms with Crippen molar-refractivity contribution >= 4 is 11.6 Å². The Bertz CT molecular complexity index is 607. The lowest BCUT2D eigenvalue weighted by Crippen LogP contribution is -2.34. The minimum atomic E-state index is -0.0706. The molecule has 0 aliphatic carbocycles. The Labute approximate surface area is 119 Å². The molecule has 1 heterocycles. The second-order valence-electron chi connectivity index (χ2n) is 5.33. The van der Waals surface area contributed by atoms with Crippen molar-refractivity contribution in [1.82, 2.24) is 5.43 Å². The van der Waals surface area contributed by atoms with Gasteiger partial charge >= 0.3 is 0 Å². The van der Waals surface area contributed by atoms with Gasteiger partial charge in [-0.05, 0) is 24.6 Å². The number of carbonyl (C=O) groups excluding carboxylic acids is 1. The molecule has 2 aromatic carbocycles. The molecule has 1 saturated heterocycles. The zero-order chi connectivity index (χ0) is 14.1. The fourth-order valence-electron chi connectivity index (χ4n) is 2.68. The van der Waals surface area contributed by atoms with E-state index in [9.17, 15) is 4.79 Å². The Morgan fingerprint density at radius 2 is 1.65 bits per heavy atom. The molecule has 1 amide bonds. The highest BCUT2D eigenvalue weighted by atomic mass is 16.2. The van der Waals surface area contributed by atoms with Crippen LogP contribution in [-0.2, 0) is 4.79 Å². The van der Waals surface area contributed by atoms with Crippen molar-refractivity contribution in [1.29, 1.82) is 0 Å². The van der Waals surface area contributed by atoms with Crippen LogP contribution < -0.4 is 10.4 Å². The molecule has 1 aliphatic heterocycles. The van der Waals surface area contributed by atoms with E-state index in [0.29, 0.717) is 0 Å². The van der Waals surface area contributed by atoms with Crippen LogP contribution in [-0.4, -0.2) is 5.91 Å². The highest BCUT2D eigenvalue weighted by molar-refractivity contribution is 5.85. The Morgan fingerprint density at radius 1 is 1.00 bits per heavy atom. The van der Waals surface area contributed by atoms with Gasteiger partial charge in [-0.1, -0.05) is 55.0 Å². The Kier molecular flexibility index (Phi) is 3.18. The molecule has 1 fully saturated rings. The number of rotatable bonds is 2. The van der Waals surface area contributed by atoms with Gasteiger partial charge in [0.1, 0.15) is 0 Å². The van der Waals surface area contributed by atoms with Crippen molar-refractivity contribution in [3.05, 3.63) is 65.7 Å². The number of carbonyl (C=O) groups is 1. The topological polar surface area (TPSA) is 32.3 Å². The molecule has 102 valence electrons. The van der Waals surface area contributed by atoms with E-state index in [-0.39, 0.29) is 17.9 Å². The fourth-order valence-corrected chi connectivity index (χ4v) is 2.68. The number of hydrogen-bond donors (Lipinski definition) is 1. The second kappa shape index (κ2) is 5.00. The Morgan fingerprint density at radius 3 is 2.30 bits per heavy atom. The van der Waals surface area contributed by atoms with Crippen molar-refractivity contribution in [2.75, 3.05) is 5.01 Å². The summed E-state index contributed by atoms with van der Waals surface area (Å²) < 4.78 is 0. The maximum Gasteiger partial charge on any atom is 0.243 e. The third kappa shape index (κ3) is 2.16. The smallest absolute Gasteiger partial charge is 0.243 e. The van der Waals surface area contributed by atoms with Crippen LogP contribution in [0.25, 0.3) is 0 Å². The number of benzene rings is 2. The number of nitrogens with one attached hydrogen (secondary N) is 1. The van der Waals surface area contributed by atoms with Gasteiger partial charge in [0.15, 0.2) is 0 Å². The van der Waals surface area contributed by atoms with Crippen LogP contribution in [0.3, 0.4) is 0 Å². The summed E-state index contributed by atoms with van der Waals surface area (Å²) in [6.07, 6.45) is 0. The summed E-state index contributed by atoms with van der Waals surface area (Å²) in [5, 5.41) is 1.97. The van der Waals surface area contributed by atoms with Crippen molar-refractivity contribution in [2.24, 2.45) is 5.92 Å². The third-order valence-electron chi connectivity index (χ3n) is 3.85. The van der Waals surface area contributed by atoms with Crippen molar-refractivity contribution in [2.45, 2.75) is 19.9 Å². The van der Waals surface area contributed by atoms with Gasteiger partial charge in [0.05, 0.1) is 17.6 Å². The van der Waals surface area contributed by atoms with Gasteiger partial charge < -0.3 is 0 Å². The predicted molar refractivity (Wildman–Crippen MR) is 80.1 cm³/mol. The van der Waals surface area contributed by atoms with Gasteiger partial charge in [-0.2, -0.15) is 0 Å². The van der Waals surface area contributed by atoms with Gasteiger partial charge in [0.2, 0.25) is 5.91 Å². The van der Waals surface area contributed by atoms with E-state index in [0.717, 1.165) is 11.3 Å². The van der Waals surface area contributed by atoms with Crippen LogP contribution in [0.1, 0.15) is 24.1 Å². The highest BCUT2D eigenvalue weighted by Gasteiger charge is 2.38. The van der Waals surface area contributed by atoms with Crippen LogP contribution in [0.5, 0.6) is 0 Å². The Balaban J connectivity index is 2.00. The molecule has 3 heteroatoms. The highest BCUT2D eigenvalue weighted by Crippen LogP contribution is 2.35. The fraction of sp³-hybridized carbons (Fsp3) is 0.235. The second-order valence-corrected chi connectivity index (χ2v) is 5.33. The number of amides is 1. The molecule has 1 aliphatic rings. The molecular weight excluding hydrogens is 248 g/mol. The molecule has 3 nitrogen and oxygen atoms in total. The summed E-state index contributed by atoms with van der Waals surface area (Å²) in [5.74, 6) is -0.00173. The normalized spacial score (nSPS) is 21.9. The number of hydrazine groups is 1. The monoisotopic (exact) mass is 266 g/mol. The Hall–Kier alpha value is -2.29. The first-order chi connectivity index (χ1) is 9.66. The van der Waals surface area contributed by atoms with Crippen LogP contribution in [0.2, 0.25) is 0 Å². The molecule has 0 saturated carbocycles. The number of aryl methyl sites for hydroxylation is 1. The molecular formula is C17H18N2O. The van der Waals surface area contributed by atoms with E-state index in [2.05, 4.69) is 36.6 Å². The van der Waals surface area contributed by atoms with Crippen molar-refractivity contribution in [3.63, 3.8) is 0 Å². The van der Waals surface area contributed by atoms with Crippen LogP contribution >= 0.6 is 0 Å². The lowest BCUT2D eigenvalue weighted by molar-refractivity contribution is -0.122. The van der Waals surface area contributed by atoms with E-state index in [4.69, 9.17) is 0 Å². The van der Waals surface area contributed by atoms with Crippen LogP contribution in [0, 0.1) is 12.8 Å². The minimum Gasteiger partial charge on any atom is -0.277 e. The molecule has 2 atom stereocenters. The summed E-state index contributed by atoms with van der Waals surface area (Å²) in [6.45, 7) is 4.03. The molecule has 0 spiro atoms. The van der Waals surface area contributed by atoms with Gasteiger partial charge in [-0.25, -0.2) is 0 Å². The average Bonchev–Trinajstić information content (AvgIpc) is 2.77. The van der Waals surface area contributed by atoms with Gasteiger partial charge in [0.25, 0.3) is 0 Å². The van der Waals surface area contributed by atoms with E-state index in [1.54, 1.807) is 0 Å². The van der Waals surface area contributed by atoms with Crippen LogP contribution in [0.15, 0.2) is 54.6 Å². The largest absolute Gasteiger partial charge is 0.277 e. The molecule has 0 aromatic heterocycles. The summed E-state index contributed by atoms with van der Waals surface area (Å²) in [4.78, 5) is 12.1. The standard InChI is InChI=1S/C17H18N2O/c1-12-8-10-15(11-9-12)19-16(13(2)17(20)18-19)14-6-4-3-5-7-14/h3-11,13,16H,1-2H3,(H,18,20). The van der Waals surface area contributed by atoms with E-state index in [1.807, 2.05) is 42.3 Å². The summed E-state index contributed by atoms with van der Waals surface area (Å²) in [5.41, 5.74) is 6.36. The molecule has 3 rings (SSSR count). The third-order valence-corrected chi connectivity index (χ3v) is 3.85. The zero-order valence-corrected chi connectivity index (χ0v) is 11.7. The van der Waals surface area contributed by atoms with Gasteiger partial charge in [0, 0.05) is 0 Å². The summed E-state index contributed by atoms with van der Waals surface area (Å²) >= 11 is 0. The summed E-state index contributed by atoms with van der Waals surface area (Å²) in [6, 6.07) is 18.4. The SMILES string of the molecule is Cc1ccc(N2NC(=O)C(C)C2c2ccccc2)cc1. The first-order valence-electron chi connectivity index (χ1n) is 6.88. The number of anilines is 1. The minimum absolute atomic E-state index is 0.0337. The molecule has 2 aromatic rings. The molecule has 2 unspecified atom stereocenters. The van der Waals surface area contributed by atoms with Crippen LogP contribution in [0.4, 0.5) is 5.69 Å². The lowest BCUT2D eigenvalue weighted by atomic mass is 9.95. The predicted octanol–water partition coefficient (Wildman–Crippen LogP) is 3.22. The van der Waals surface area contributed by atoms with Gasteiger partial charge in [-0.15, -0.1) is 0 Å². The first-order valence-corrected chi connectivity index (χ1v) is 6.88. The number of hydrogen-bond acceptors (Lipinski definition) is 2. The van der Waals surface area contributed by atoms with E-state index < -0.39 is 0 Å². The zero-order valence-electron chi connectivity index (χ0n) is 11.7. The maximum absolute atomic E-state index is 12.1. The lowest BCUT2D eigenvalue weighted by Gasteiger charge is -2.27. The molecule has 0 bridgehead atoms.